The molecule has 2 rings (SSSR count). The van der Waals surface area contributed by atoms with Crippen LogP contribution in [0.25, 0.3) is 6.08 Å². The molecule has 0 aliphatic rings. The van der Waals surface area contributed by atoms with E-state index in [-0.39, 0.29) is 30.7 Å². The Morgan fingerprint density at radius 1 is 0.967 bits per heavy atom. The first-order chi connectivity index (χ1) is 14.1. The number of hydrogen-bond acceptors (Lipinski definition) is 3. The number of amides is 1. The van der Waals surface area contributed by atoms with E-state index in [1.165, 1.54) is 6.08 Å². The van der Waals surface area contributed by atoms with Crippen LogP contribution >= 0.6 is 0 Å². The first-order valence-electron chi connectivity index (χ1n) is 10.3. The van der Waals surface area contributed by atoms with E-state index in [1.54, 1.807) is 0 Å². The summed E-state index contributed by atoms with van der Waals surface area (Å²) in [6.45, 7) is 10.4. The molecular formula is C24H32N2O3S. The van der Waals surface area contributed by atoms with Crippen LogP contribution in [0.15, 0.2) is 47.9 Å². The van der Waals surface area contributed by atoms with Crippen molar-refractivity contribution in [3.63, 3.8) is 0 Å². The van der Waals surface area contributed by atoms with Crippen LogP contribution in [0.2, 0.25) is 0 Å². The highest BCUT2D eigenvalue weighted by molar-refractivity contribution is 7.92. The van der Waals surface area contributed by atoms with E-state index in [1.807, 2.05) is 49.4 Å². The zero-order chi connectivity index (χ0) is 22.3. The largest absolute Gasteiger partial charge is 0.326 e. The monoisotopic (exact) mass is 428 g/mol. The topological polar surface area (TPSA) is 75.3 Å². The molecular weight excluding hydrogens is 396 g/mol. The summed E-state index contributed by atoms with van der Waals surface area (Å²) in [5.74, 6) is 0.323. The normalized spacial score (nSPS) is 12.1. The van der Waals surface area contributed by atoms with Gasteiger partial charge in [0.1, 0.15) is 0 Å². The van der Waals surface area contributed by atoms with Crippen LogP contribution in [0, 0.1) is 6.92 Å². The average molecular weight is 429 g/mol. The predicted octanol–water partition coefficient (Wildman–Crippen LogP) is 5.16. The Kier molecular flexibility index (Phi) is 8.38. The molecule has 0 aromatic heterocycles. The van der Waals surface area contributed by atoms with Crippen LogP contribution in [0.4, 0.5) is 5.69 Å². The van der Waals surface area contributed by atoms with E-state index in [2.05, 4.69) is 37.7 Å². The van der Waals surface area contributed by atoms with Gasteiger partial charge in [0, 0.05) is 24.1 Å². The average Bonchev–Trinajstić information content (AvgIpc) is 2.67. The minimum absolute atomic E-state index is 0.0350. The predicted molar refractivity (Wildman–Crippen MR) is 125 cm³/mol. The van der Waals surface area contributed by atoms with Crippen LogP contribution in [0.5, 0.6) is 0 Å². The van der Waals surface area contributed by atoms with Crippen LogP contribution in [0.3, 0.4) is 0 Å². The molecule has 0 bridgehead atoms. The van der Waals surface area contributed by atoms with Gasteiger partial charge in [-0.25, -0.2) is 13.1 Å². The lowest BCUT2D eigenvalue weighted by Crippen LogP contribution is -2.26. The van der Waals surface area contributed by atoms with Gasteiger partial charge in [-0.3, -0.25) is 4.79 Å². The molecule has 1 amide bonds. The summed E-state index contributed by atoms with van der Waals surface area (Å²) in [4.78, 5) is 12.5. The number of para-hydroxylation sites is 1. The number of benzene rings is 2. The number of carbonyl (C=O) groups excluding carboxylic acids is 1. The minimum atomic E-state index is -3.61. The molecule has 0 unspecified atom stereocenters. The van der Waals surface area contributed by atoms with Gasteiger partial charge in [0.05, 0.1) is 0 Å². The number of hydrogen-bond donors (Lipinski definition) is 2. The molecule has 0 atom stereocenters. The quantitative estimate of drug-likeness (QED) is 0.579. The molecule has 30 heavy (non-hydrogen) atoms. The summed E-state index contributed by atoms with van der Waals surface area (Å²) < 4.78 is 26.8. The Balaban J connectivity index is 1.97. The third-order valence-corrected chi connectivity index (χ3v) is 5.91. The molecule has 0 fully saturated rings. The fourth-order valence-electron chi connectivity index (χ4n) is 3.10. The fraction of sp³-hybridized carbons (Fsp3) is 0.375. The van der Waals surface area contributed by atoms with Crippen molar-refractivity contribution in [2.45, 2.75) is 52.9 Å². The second kappa shape index (κ2) is 10.5. The van der Waals surface area contributed by atoms with Crippen LogP contribution in [0.1, 0.15) is 68.2 Å². The van der Waals surface area contributed by atoms with Crippen molar-refractivity contribution in [3.8, 4) is 0 Å². The van der Waals surface area contributed by atoms with Crippen LogP contribution < -0.4 is 10.0 Å². The zero-order valence-electron chi connectivity index (χ0n) is 18.4. The van der Waals surface area contributed by atoms with E-state index < -0.39 is 10.0 Å². The molecule has 0 radical (unpaired) electrons. The first kappa shape index (κ1) is 23.8. The Morgan fingerprint density at radius 3 is 2.07 bits per heavy atom. The Bertz CT molecular complexity index is 965. The summed E-state index contributed by atoms with van der Waals surface area (Å²) in [7, 11) is -3.61. The van der Waals surface area contributed by atoms with Gasteiger partial charge in [-0.2, -0.15) is 0 Å². The van der Waals surface area contributed by atoms with E-state index >= 15 is 0 Å². The van der Waals surface area contributed by atoms with Gasteiger partial charge < -0.3 is 5.32 Å². The number of carbonyl (C=O) groups is 1. The summed E-state index contributed by atoms with van der Waals surface area (Å²) in [5, 5.41) is 4.12. The molecule has 0 heterocycles. The Labute approximate surface area is 180 Å². The number of rotatable bonds is 9. The maximum absolute atomic E-state index is 12.5. The SMILES string of the molecule is Cc1ccc(/C=C/S(=O)(=O)NCCC(=O)Nc2c(C(C)C)cccc2C(C)C)cc1. The van der Waals surface area contributed by atoms with E-state index in [0.717, 1.165) is 33.3 Å². The standard InChI is InChI=1S/C24H32N2O3S/c1-17(2)21-7-6-8-22(18(3)4)24(21)26-23(27)13-15-25-30(28,29)16-14-20-11-9-19(5)10-12-20/h6-12,14,16-18,25H,13,15H2,1-5H3,(H,26,27)/b16-14+. The smallest absolute Gasteiger partial charge is 0.233 e. The van der Waals surface area contributed by atoms with E-state index in [9.17, 15) is 13.2 Å². The number of sulfonamides is 1. The summed E-state index contributed by atoms with van der Waals surface area (Å²) >= 11 is 0. The molecule has 2 aromatic rings. The maximum Gasteiger partial charge on any atom is 0.233 e. The fourth-order valence-corrected chi connectivity index (χ4v) is 3.92. The van der Waals surface area contributed by atoms with Crippen molar-refractivity contribution >= 4 is 27.7 Å². The summed E-state index contributed by atoms with van der Waals surface area (Å²) in [6, 6.07) is 13.6. The van der Waals surface area contributed by atoms with Gasteiger partial charge in [0.2, 0.25) is 15.9 Å². The Hall–Kier alpha value is -2.44. The van der Waals surface area contributed by atoms with Crippen molar-refractivity contribution in [2.24, 2.45) is 0 Å². The lowest BCUT2D eigenvalue weighted by Gasteiger charge is -2.20. The lowest BCUT2D eigenvalue weighted by molar-refractivity contribution is -0.116. The molecule has 0 saturated heterocycles. The maximum atomic E-state index is 12.5. The molecule has 0 aliphatic heterocycles. The molecule has 0 spiro atoms. The van der Waals surface area contributed by atoms with Crippen LogP contribution in [-0.4, -0.2) is 20.9 Å². The van der Waals surface area contributed by atoms with Gasteiger partial charge in [-0.05, 0) is 41.5 Å². The highest BCUT2D eigenvalue weighted by Crippen LogP contribution is 2.32. The van der Waals surface area contributed by atoms with Crippen molar-refractivity contribution in [2.75, 3.05) is 11.9 Å². The number of nitrogens with one attached hydrogen (secondary N) is 2. The van der Waals surface area contributed by atoms with Gasteiger partial charge in [-0.15, -0.1) is 0 Å². The number of aryl methyl sites for hydroxylation is 1. The van der Waals surface area contributed by atoms with Gasteiger partial charge >= 0.3 is 0 Å². The lowest BCUT2D eigenvalue weighted by atomic mass is 9.92. The third kappa shape index (κ3) is 7.11. The molecule has 2 N–H and O–H groups in total. The zero-order valence-corrected chi connectivity index (χ0v) is 19.2. The highest BCUT2D eigenvalue weighted by atomic mass is 32.2. The molecule has 0 saturated carbocycles. The van der Waals surface area contributed by atoms with Gasteiger partial charge in [-0.1, -0.05) is 75.7 Å². The molecule has 2 aromatic carbocycles. The summed E-state index contributed by atoms with van der Waals surface area (Å²) in [5.41, 5.74) is 4.91. The molecule has 6 heteroatoms. The molecule has 5 nitrogen and oxygen atoms in total. The molecule has 0 aliphatic carbocycles. The molecule has 162 valence electrons. The van der Waals surface area contributed by atoms with E-state index in [0.29, 0.717) is 0 Å². The van der Waals surface area contributed by atoms with Gasteiger partial charge in [0.25, 0.3) is 0 Å². The minimum Gasteiger partial charge on any atom is -0.326 e. The van der Waals surface area contributed by atoms with Gasteiger partial charge in [0.15, 0.2) is 0 Å². The second-order valence-electron chi connectivity index (χ2n) is 8.07. The van der Waals surface area contributed by atoms with Crippen LogP contribution in [-0.2, 0) is 14.8 Å². The van der Waals surface area contributed by atoms with Crippen molar-refractivity contribution in [3.05, 3.63) is 70.1 Å². The second-order valence-corrected chi connectivity index (χ2v) is 9.72. The van der Waals surface area contributed by atoms with Crippen molar-refractivity contribution in [1.29, 1.82) is 0 Å². The number of anilines is 1. The van der Waals surface area contributed by atoms with Crippen molar-refractivity contribution < 1.29 is 13.2 Å². The summed E-state index contributed by atoms with van der Waals surface area (Å²) in [6.07, 6.45) is 1.59. The highest BCUT2D eigenvalue weighted by Gasteiger charge is 2.16. The third-order valence-electron chi connectivity index (χ3n) is 4.81. The van der Waals surface area contributed by atoms with Crippen molar-refractivity contribution in [1.82, 2.24) is 4.72 Å². The first-order valence-corrected chi connectivity index (χ1v) is 11.8. The Morgan fingerprint density at radius 2 is 1.53 bits per heavy atom. The van der Waals surface area contributed by atoms with E-state index in [4.69, 9.17) is 0 Å².